The van der Waals surface area contributed by atoms with E-state index < -0.39 is 47.1 Å². The first-order chi connectivity index (χ1) is 23.7. The van der Waals surface area contributed by atoms with Crippen molar-refractivity contribution >= 4 is 64.4 Å². The van der Waals surface area contributed by atoms with Crippen LogP contribution in [0.2, 0.25) is 0 Å². The molecule has 1 aliphatic heterocycles. The Morgan fingerprint density at radius 1 is 0.880 bits per heavy atom. The quantitative estimate of drug-likeness (QED) is 0.0345. The van der Waals surface area contributed by atoms with Crippen LogP contribution in [0.25, 0.3) is 0 Å². The molecule has 10 nitrogen and oxygen atoms in total. The molecule has 0 spiro atoms. The average Bonchev–Trinajstić information content (AvgIpc) is 3.67. The molecule has 1 saturated heterocycles. The minimum atomic E-state index is -3.24. The van der Waals surface area contributed by atoms with Crippen molar-refractivity contribution in [1.82, 2.24) is 4.90 Å². The van der Waals surface area contributed by atoms with E-state index in [1.54, 1.807) is 6.07 Å². The summed E-state index contributed by atoms with van der Waals surface area (Å²) in [6, 6.07) is 35.7. The molecule has 3 atom stereocenters. The van der Waals surface area contributed by atoms with Crippen molar-refractivity contribution in [2.75, 3.05) is 0 Å². The van der Waals surface area contributed by atoms with E-state index in [4.69, 9.17) is 26.5 Å². The SMILES string of the molecule is CC(=O)OC(c1ccoc1)C1C(=O)N(C(C(=O)OCc2ccc([N+](=O)[O-])cc2)=P(c2ccccc2)(c2ccccc2)c2ccccc2)C1[S-].[Ag+]. The number of carbonyl (C=O) groups is 3. The maximum atomic E-state index is 14.8. The van der Waals surface area contributed by atoms with Gasteiger partial charge in [-0.1, -0.05) is 96.4 Å². The van der Waals surface area contributed by atoms with Crippen LogP contribution in [0.5, 0.6) is 0 Å². The smallest absolute Gasteiger partial charge is 0.767 e. The number of carbonyl (C=O) groups excluding carboxylic acids is 3. The van der Waals surface area contributed by atoms with Crippen LogP contribution in [0.1, 0.15) is 24.2 Å². The molecular weight excluding hydrogens is 771 g/mol. The van der Waals surface area contributed by atoms with Gasteiger partial charge >= 0.3 is 34.3 Å². The Morgan fingerprint density at radius 2 is 1.40 bits per heavy atom. The van der Waals surface area contributed by atoms with Gasteiger partial charge in [0.25, 0.3) is 5.69 Å². The molecule has 4 aromatic carbocycles. The Kier molecular flexibility index (Phi) is 11.7. The number of rotatable bonds is 11. The minimum Gasteiger partial charge on any atom is -0.767 e. The zero-order valence-electron chi connectivity index (χ0n) is 26.5. The zero-order chi connectivity index (χ0) is 34.5. The van der Waals surface area contributed by atoms with Crippen LogP contribution in [0.3, 0.4) is 0 Å². The summed E-state index contributed by atoms with van der Waals surface area (Å²) in [6.07, 6.45) is 1.76. The molecule has 1 fully saturated rings. The van der Waals surface area contributed by atoms with E-state index in [-0.39, 0.29) is 40.1 Å². The molecule has 1 amide bonds. The number of amides is 1. The Morgan fingerprint density at radius 3 is 1.82 bits per heavy atom. The fraction of sp³-hybridized carbons (Fsp3) is 0.135. The van der Waals surface area contributed by atoms with E-state index in [2.05, 4.69) is 0 Å². The summed E-state index contributed by atoms with van der Waals surface area (Å²) in [5.74, 6) is -2.90. The normalized spacial score (nSPS) is 16.0. The van der Waals surface area contributed by atoms with Gasteiger partial charge in [-0.15, -0.1) is 0 Å². The molecule has 1 aromatic heterocycles. The average molecular weight is 802 g/mol. The molecule has 258 valence electrons. The zero-order valence-corrected chi connectivity index (χ0v) is 29.7. The van der Waals surface area contributed by atoms with Crippen LogP contribution in [0.15, 0.2) is 138 Å². The maximum absolute atomic E-state index is 14.8. The molecule has 1 aliphatic rings. The first kappa shape index (κ1) is 36.6. The number of esters is 2. The minimum absolute atomic E-state index is 0. The van der Waals surface area contributed by atoms with Gasteiger partial charge in [0.1, 0.15) is 18.1 Å². The second kappa shape index (κ2) is 15.9. The number of nitro groups is 1. The number of β-lactam (4-membered cyclic amide) rings is 1. The van der Waals surface area contributed by atoms with Gasteiger partial charge in [-0.05, 0) is 39.7 Å². The monoisotopic (exact) mass is 800 g/mol. The van der Waals surface area contributed by atoms with Crippen molar-refractivity contribution in [3.8, 4) is 0 Å². The molecule has 6 rings (SSSR count). The van der Waals surface area contributed by atoms with E-state index in [1.807, 2.05) is 91.0 Å². The second-order valence-corrected chi connectivity index (χ2v) is 15.0. The van der Waals surface area contributed by atoms with Gasteiger partial charge in [0, 0.05) is 31.5 Å². The van der Waals surface area contributed by atoms with Gasteiger partial charge in [0.2, 0.25) is 5.91 Å². The summed E-state index contributed by atoms with van der Waals surface area (Å²) in [6.45, 7) is -2.22. The van der Waals surface area contributed by atoms with Crippen LogP contribution in [0.4, 0.5) is 5.69 Å². The Balaban J connectivity index is 0.00000486. The van der Waals surface area contributed by atoms with Crippen molar-refractivity contribution in [2.45, 2.75) is 25.0 Å². The predicted molar refractivity (Wildman–Crippen MR) is 188 cm³/mol. The van der Waals surface area contributed by atoms with Gasteiger partial charge < -0.3 is 31.4 Å². The van der Waals surface area contributed by atoms with E-state index in [1.165, 1.54) is 48.6 Å². The molecule has 50 heavy (non-hydrogen) atoms. The van der Waals surface area contributed by atoms with Crippen molar-refractivity contribution in [2.24, 2.45) is 5.92 Å². The first-order valence-corrected chi connectivity index (χ1v) is 17.5. The van der Waals surface area contributed by atoms with Crippen LogP contribution < -0.4 is 15.9 Å². The Labute approximate surface area is 309 Å². The summed E-state index contributed by atoms with van der Waals surface area (Å²) >= 11 is 6.03. The third-order valence-corrected chi connectivity index (χ3v) is 13.0. The van der Waals surface area contributed by atoms with E-state index >= 15 is 0 Å². The molecular formula is C37H30AgN2O8PS. The fourth-order valence-corrected chi connectivity index (χ4v) is 11.0. The predicted octanol–water partition coefficient (Wildman–Crippen LogP) is 4.99. The third-order valence-electron chi connectivity index (χ3n) is 8.25. The molecule has 2 heterocycles. The number of furan rings is 1. The number of hydrogen-bond donors (Lipinski definition) is 0. The number of hydrogen-bond acceptors (Lipinski definition) is 9. The summed E-state index contributed by atoms with van der Waals surface area (Å²) < 4.78 is 16.9. The van der Waals surface area contributed by atoms with Crippen LogP contribution in [0, 0.1) is 16.0 Å². The topological polar surface area (TPSA) is 129 Å². The van der Waals surface area contributed by atoms with Crippen LogP contribution in [-0.4, -0.2) is 38.5 Å². The summed E-state index contributed by atoms with van der Waals surface area (Å²) in [4.78, 5) is 53.5. The Hall–Kier alpha value is -4.64. The Bertz CT molecular complexity index is 1930. The van der Waals surface area contributed by atoms with Gasteiger partial charge in [0.15, 0.2) is 0 Å². The van der Waals surface area contributed by atoms with Gasteiger partial charge in [0.05, 0.1) is 23.4 Å². The van der Waals surface area contributed by atoms with Crippen molar-refractivity contribution in [3.63, 3.8) is 0 Å². The second-order valence-electron chi connectivity index (χ2n) is 11.2. The standard InChI is InChI=1S/C37H31N2O8PS.Ag/c1-25(40)47-33(27-21-22-45-24-27)32-34(41)38(36(32)49)35(37(42)46-23-26-17-19-28(20-18-26)39(43)44)48(29-11-5-2-6-12-29,30-13-7-3-8-14-30)31-15-9-4-10-16-31;/h2-22,24,32-33,36,49H,23H2,1H3;/q;+1/p-1. The van der Waals surface area contributed by atoms with Gasteiger partial charge in [-0.2, -0.15) is 0 Å². The number of likely N-dealkylation sites (tertiary alicyclic amines) is 1. The van der Waals surface area contributed by atoms with E-state index in [0.29, 0.717) is 11.1 Å². The molecule has 5 aromatic rings. The molecule has 0 radical (unpaired) electrons. The van der Waals surface area contributed by atoms with Gasteiger partial charge in [-0.3, -0.25) is 19.7 Å². The van der Waals surface area contributed by atoms with Gasteiger partial charge in [-0.25, -0.2) is 4.79 Å². The molecule has 0 bridgehead atoms. The van der Waals surface area contributed by atoms with Crippen molar-refractivity contribution in [1.29, 1.82) is 0 Å². The fourth-order valence-electron chi connectivity index (χ4n) is 6.05. The first-order valence-electron chi connectivity index (χ1n) is 15.3. The molecule has 0 N–H and O–H groups in total. The molecule has 0 aliphatic carbocycles. The summed E-state index contributed by atoms with van der Waals surface area (Å²) in [5, 5.41) is 12.5. The van der Waals surface area contributed by atoms with Crippen LogP contribution >= 0.6 is 6.89 Å². The van der Waals surface area contributed by atoms with E-state index in [0.717, 1.165) is 15.9 Å². The number of ether oxygens (including phenoxy) is 2. The van der Waals surface area contributed by atoms with Crippen LogP contribution in [-0.2, 0) is 65.5 Å². The van der Waals surface area contributed by atoms with Crippen molar-refractivity contribution in [3.05, 3.63) is 155 Å². The number of benzene rings is 4. The summed E-state index contributed by atoms with van der Waals surface area (Å²) in [5.41, 5.74) is 0.934. The molecule has 0 saturated carbocycles. The summed E-state index contributed by atoms with van der Waals surface area (Å²) in [7, 11) is 0. The number of non-ortho nitro benzene ring substituents is 1. The third kappa shape index (κ3) is 7.01. The molecule has 13 heteroatoms. The van der Waals surface area contributed by atoms with Crippen molar-refractivity contribution < 1.29 is 55.6 Å². The molecule has 3 unspecified atom stereocenters. The maximum Gasteiger partial charge on any atom is 1.00 e. The van der Waals surface area contributed by atoms with E-state index in [9.17, 15) is 24.5 Å². The number of nitrogens with zero attached hydrogens (tertiary/aromatic N) is 2. The largest absolute Gasteiger partial charge is 1.00 e. The number of nitro benzene ring substituents is 1.